The van der Waals surface area contributed by atoms with Gasteiger partial charge in [-0.1, -0.05) is 19.1 Å². The summed E-state index contributed by atoms with van der Waals surface area (Å²) < 4.78 is 139. The molecule has 3 nitrogen and oxygen atoms in total. The second kappa shape index (κ2) is 10.8. The molecule has 2 atom stereocenters. The van der Waals surface area contributed by atoms with Gasteiger partial charge in [-0.3, -0.25) is 0 Å². The molecule has 3 aromatic rings. The van der Waals surface area contributed by atoms with Crippen LogP contribution in [0.2, 0.25) is 0 Å². The normalized spacial score (nSPS) is 18.1. The fourth-order valence-electron chi connectivity index (χ4n) is 4.11. The molecule has 0 aromatic heterocycles. The van der Waals surface area contributed by atoms with Crippen LogP contribution in [0.4, 0.5) is 39.5 Å². The van der Waals surface area contributed by atoms with Crippen LogP contribution in [0.1, 0.15) is 37.0 Å². The Morgan fingerprint density at radius 2 is 1.47 bits per heavy atom. The van der Waals surface area contributed by atoms with Crippen LogP contribution in [0.25, 0.3) is 11.1 Å². The Bertz CT molecular complexity index is 1280. The standard InChI is InChI=1S/C26H19F9O3/c1-12-2-5-22(36-11-12)13-3-4-16(17(27)6-13)14-7-18(28)23(19(29)8-14)26(34,35)38-15-9-20(30)24(21(31)10-15)37-25(32)33/h3-4,6-10,12,22,25H,2,5,11H2,1H3. The third kappa shape index (κ3) is 5.85. The summed E-state index contributed by atoms with van der Waals surface area (Å²) in [7, 11) is 0. The average molecular weight is 550 g/mol. The zero-order valence-corrected chi connectivity index (χ0v) is 19.5. The Morgan fingerprint density at radius 3 is 2.00 bits per heavy atom. The Balaban J connectivity index is 1.60. The van der Waals surface area contributed by atoms with Crippen LogP contribution >= 0.6 is 0 Å². The molecule has 0 saturated carbocycles. The molecule has 12 heteroatoms. The molecule has 4 rings (SSSR count). The monoisotopic (exact) mass is 550 g/mol. The Morgan fingerprint density at radius 1 is 0.842 bits per heavy atom. The number of benzene rings is 3. The van der Waals surface area contributed by atoms with Crippen LogP contribution in [0, 0.1) is 35.0 Å². The topological polar surface area (TPSA) is 27.7 Å². The minimum Gasteiger partial charge on any atom is -0.429 e. The number of ether oxygens (including phenoxy) is 3. The quantitative estimate of drug-likeness (QED) is 0.277. The van der Waals surface area contributed by atoms with Gasteiger partial charge in [0.25, 0.3) is 0 Å². The van der Waals surface area contributed by atoms with Gasteiger partial charge in [-0.2, -0.15) is 17.6 Å². The predicted octanol–water partition coefficient (Wildman–Crippen LogP) is 8.27. The number of alkyl halides is 4. The third-order valence-electron chi connectivity index (χ3n) is 5.94. The lowest BCUT2D eigenvalue weighted by Gasteiger charge is -2.27. The van der Waals surface area contributed by atoms with E-state index in [1.807, 2.05) is 6.92 Å². The molecule has 1 heterocycles. The molecule has 0 bridgehead atoms. The lowest BCUT2D eigenvalue weighted by Crippen LogP contribution is -2.25. The molecule has 0 N–H and O–H groups in total. The van der Waals surface area contributed by atoms with Gasteiger partial charge in [0.2, 0.25) is 0 Å². The summed E-state index contributed by atoms with van der Waals surface area (Å²) >= 11 is 0. The van der Waals surface area contributed by atoms with E-state index in [1.165, 1.54) is 12.1 Å². The molecule has 1 aliphatic heterocycles. The van der Waals surface area contributed by atoms with Crippen molar-refractivity contribution in [2.24, 2.45) is 5.92 Å². The predicted molar refractivity (Wildman–Crippen MR) is 116 cm³/mol. The van der Waals surface area contributed by atoms with Crippen molar-refractivity contribution in [2.45, 2.75) is 38.6 Å². The largest absolute Gasteiger partial charge is 0.432 e. The van der Waals surface area contributed by atoms with Crippen molar-refractivity contribution in [3.05, 3.63) is 82.7 Å². The van der Waals surface area contributed by atoms with E-state index >= 15 is 0 Å². The minimum atomic E-state index is -4.81. The summed E-state index contributed by atoms with van der Waals surface area (Å²) in [6.45, 7) is -1.10. The van der Waals surface area contributed by atoms with Crippen molar-refractivity contribution in [1.29, 1.82) is 0 Å². The van der Waals surface area contributed by atoms with Gasteiger partial charge in [0.1, 0.15) is 28.8 Å². The first-order valence-corrected chi connectivity index (χ1v) is 11.3. The van der Waals surface area contributed by atoms with Crippen molar-refractivity contribution >= 4 is 0 Å². The zero-order chi connectivity index (χ0) is 27.8. The summed E-state index contributed by atoms with van der Waals surface area (Å²) in [6, 6.07) is 4.94. The molecule has 1 fully saturated rings. The van der Waals surface area contributed by atoms with Crippen LogP contribution in [0.5, 0.6) is 11.5 Å². The maximum Gasteiger partial charge on any atom is 0.432 e. The van der Waals surface area contributed by atoms with Crippen molar-refractivity contribution in [1.82, 2.24) is 0 Å². The van der Waals surface area contributed by atoms with E-state index < -0.39 is 64.4 Å². The summed E-state index contributed by atoms with van der Waals surface area (Å²) in [4.78, 5) is 0. The van der Waals surface area contributed by atoms with Gasteiger partial charge >= 0.3 is 12.7 Å². The molecule has 0 aliphatic carbocycles. The lowest BCUT2D eigenvalue weighted by molar-refractivity contribution is -0.189. The summed E-state index contributed by atoms with van der Waals surface area (Å²) in [5.41, 5.74) is -2.07. The number of hydrogen-bond acceptors (Lipinski definition) is 3. The van der Waals surface area contributed by atoms with Gasteiger partial charge in [0, 0.05) is 24.3 Å². The highest BCUT2D eigenvalue weighted by molar-refractivity contribution is 5.65. The van der Waals surface area contributed by atoms with E-state index in [0.29, 0.717) is 36.6 Å². The molecule has 0 radical (unpaired) electrons. The first-order valence-electron chi connectivity index (χ1n) is 11.3. The van der Waals surface area contributed by atoms with E-state index in [0.717, 1.165) is 12.5 Å². The molecule has 0 amide bonds. The van der Waals surface area contributed by atoms with Crippen LogP contribution in [-0.2, 0) is 10.8 Å². The summed E-state index contributed by atoms with van der Waals surface area (Å²) in [5.74, 6) is -10.6. The number of rotatable bonds is 7. The highest BCUT2D eigenvalue weighted by Gasteiger charge is 2.42. The van der Waals surface area contributed by atoms with Crippen LogP contribution in [0.15, 0.2) is 42.5 Å². The summed E-state index contributed by atoms with van der Waals surface area (Å²) in [5, 5.41) is 0. The zero-order valence-electron chi connectivity index (χ0n) is 19.5. The fourth-order valence-corrected chi connectivity index (χ4v) is 4.11. The van der Waals surface area contributed by atoms with Gasteiger partial charge in [-0.05, 0) is 48.1 Å². The first-order chi connectivity index (χ1) is 17.9. The summed E-state index contributed by atoms with van der Waals surface area (Å²) in [6.07, 6.45) is -3.64. The van der Waals surface area contributed by atoms with Crippen LogP contribution in [0.3, 0.4) is 0 Å². The molecule has 1 saturated heterocycles. The van der Waals surface area contributed by atoms with Crippen LogP contribution < -0.4 is 9.47 Å². The first kappa shape index (κ1) is 27.6. The Hall–Kier alpha value is -3.41. The van der Waals surface area contributed by atoms with Gasteiger partial charge in [-0.25, -0.2) is 22.0 Å². The number of halogens is 9. The van der Waals surface area contributed by atoms with Crippen molar-refractivity contribution in [2.75, 3.05) is 6.61 Å². The smallest absolute Gasteiger partial charge is 0.429 e. The lowest BCUT2D eigenvalue weighted by atomic mass is 9.94. The van der Waals surface area contributed by atoms with Crippen molar-refractivity contribution in [3.8, 4) is 22.6 Å². The second-order valence-corrected chi connectivity index (χ2v) is 8.77. The SMILES string of the molecule is CC1CCC(c2ccc(-c3cc(F)c(C(F)(F)Oc4cc(F)c(OC(F)F)c(F)c4)c(F)c3)c(F)c2)OC1. The molecular weight excluding hydrogens is 531 g/mol. The van der Waals surface area contributed by atoms with Gasteiger partial charge in [0.05, 0.1) is 6.10 Å². The maximum absolute atomic E-state index is 14.8. The van der Waals surface area contributed by atoms with E-state index in [2.05, 4.69) is 9.47 Å². The molecule has 1 aliphatic rings. The van der Waals surface area contributed by atoms with Gasteiger partial charge in [0.15, 0.2) is 17.4 Å². The molecule has 38 heavy (non-hydrogen) atoms. The average Bonchev–Trinajstić information content (AvgIpc) is 2.80. The van der Waals surface area contributed by atoms with E-state index in [1.54, 1.807) is 0 Å². The fraction of sp³-hybridized carbons (Fsp3) is 0.308. The Kier molecular flexibility index (Phi) is 7.82. The van der Waals surface area contributed by atoms with E-state index in [4.69, 9.17) is 4.74 Å². The van der Waals surface area contributed by atoms with Crippen molar-refractivity contribution in [3.63, 3.8) is 0 Å². The van der Waals surface area contributed by atoms with Crippen molar-refractivity contribution < 1.29 is 53.7 Å². The Labute approximate surface area is 210 Å². The van der Waals surface area contributed by atoms with Crippen LogP contribution in [-0.4, -0.2) is 13.2 Å². The second-order valence-electron chi connectivity index (χ2n) is 8.77. The van der Waals surface area contributed by atoms with Gasteiger partial charge < -0.3 is 14.2 Å². The van der Waals surface area contributed by atoms with Gasteiger partial charge in [-0.15, -0.1) is 0 Å². The molecule has 2 unspecified atom stereocenters. The molecule has 0 spiro atoms. The highest BCUT2D eigenvalue weighted by Crippen LogP contribution is 2.39. The molecular formula is C26H19F9O3. The maximum atomic E-state index is 14.8. The van der Waals surface area contributed by atoms with E-state index in [9.17, 15) is 39.5 Å². The van der Waals surface area contributed by atoms with E-state index in [-0.39, 0.29) is 23.8 Å². The minimum absolute atomic E-state index is 0.0759. The number of hydrogen-bond donors (Lipinski definition) is 0. The molecule has 204 valence electrons. The third-order valence-corrected chi connectivity index (χ3v) is 5.94. The highest BCUT2D eigenvalue weighted by atomic mass is 19.3. The molecule has 3 aromatic carbocycles.